The Morgan fingerprint density at radius 1 is 1.30 bits per heavy atom. The molecule has 1 unspecified atom stereocenters. The van der Waals surface area contributed by atoms with E-state index >= 15 is 0 Å². The van der Waals surface area contributed by atoms with Gasteiger partial charge in [0, 0.05) is 12.6 Å². The summed E-state index contributed by atoms with van der Waals surface area (Å²) in [5.41, 5.74) is 0. The Balaban J connectivity index is 2.29. The fraction of sp³-hybridized carbons (Fsp3) is 0.867. The van der Waals surface area contributed by atoms with Gasteiger partial charge in [-0.3, -0.25) is 4.79 Å². The Bertz CT molecular complexity index is 316. The first kappa shape index (κ1) is 16.8. The fourth-order valence-electron chi connectivity index (χ4n) is 2.25. The lowest BCUT2D eigenvalue weighted by molar-refractivity contribution is -0.137. The van der Waals surface area contributed by atoms with Crippen molar-refractivity contribution < 1.29 is 14.7 Å². The third kappa shape index (κ3) is 7.36. The number of nitrogens with one attached hydrogen (secondary N) is 1. The number of nitrogens with zero attached hydrogens (tertiary/aromatic N) is 1. The van der Waals surface area contributed by atoms with Crippen molar-refractivity contribution in [1.29, 1.82) is 0 Å². The molecule has 0 aromatic heterocycles. The SMILES string of the molecule is CCCCCCC(C)NC(=O)N(CC(=O)O)CC1CC1. The van der Waals surface area contributed by atoms with Gasteiger partial charge in [0.2, 0.25) is 0 Å². The van der Waals surface area contributed by atoms with E-state index in [1.165, 1.54) is 24.2 Å². The van der Waals surface area contributed by atoms with Gasteiger partial charge in [-0.25, -0.2) is 4.79 Å². The highest BCUT2D eigenvalue weighted by molar-refractivity contribution is 5.80. The number of hydrogen-bond acceptors (Lipinski definition) is 2. The van der Waals surface area contributed by atoms with Crippen molar-refractivity contribution in [3.05, 3.63) is 0 Å². The van der Waals surface area contributed by atoms with Crippen LogP contribution in [0.4, 0.5) is 4.79 Å². The molecule has 5 heteroatoms. The lowest BCUT2D eigenvalue weighted by Gasteiger charge is -2.23. The van der Waals surface area contributed by atoms with Crippen LogP contribution in [-0.4, -0.2) is 41.1 Å². The molecule has 1 atom stereocenters. The molecule has 0 spiro atoms. The molecule has 1 fully saturated rings. The summed E-state index contributed by atoms with van der Waals surface area (Å²) in [5.74, 6) is -0.448. The molecule has 0 aromatic carbocycles. The van der Waals surface area contributed by atoms with Gasteiger partial charge in [-0.1, -0.05) is 32.6 Å². The number of aliphatic carboxylic acids is 1. The minimum absolute atomic E-state index is 0.106. The van der Waals surface area contributed by atoms with Crippen molar-refractivity contribution in [2.24, 2.45) is 5.92 Å². The molecule has 5 nitrogen and oxygen atoms in total. The van der Waals surface area contributed by atoms with Crippen molar-refractivity contribution in [3.63, 3.8) is 0 Å². The monoisotopic (exact) mass is 284 g/mol. The van der Waals surface area contributed by atoms with Gasteiger partial charge in [-0.15, -0.1) is 0 Å². The van der Waals surface area contributed by atoms with Crippen LogP contribution in [0, 0.1) is 5.92 Å². The zero-order valence-corrected chi connectivity index (χ0v) is 12.7. The van der Waals surface area contributed by atoms with Crippen LogP contribution < -0.4 is 5.32 Å². The van der Waals surface area contributed by atoms with Crippen molar-refractivity contribution in [2.45, 2.75) is 64.8 Å². The molecule has 0 saturated heterocycles. The zero-order valence-electron chi connectivity index (χ0n) is 12.7. The maximum Gasteiger partial charge on any atom is 0.323 e. The Kier molecular flexibility index (Phi) is 7.41. The van der Waals surface area contributed by atoms with E-state index in [0.717, 1.165) is 25.7 Å². The summed E-state index contributed by atoms with van der Waals surface area (Å²) in [4.78, 5) is 24.3. The Morgan fingerprint density at radius 2 is 2.00 bits per heavy atom. The number of hydrogen-bond donors (Lipinski definition) is 2. The Hall–Kier alpha value is -1.26. The van der Waals surface area contributed by atoms with Crippen LogP contribution >= 0.6 is 0 Å². The normalized spacial score (nSPS) is 15.7. The van der Waals surface area contributed by atoms with Gasteiger partial charge in [0.05, 0.1) is 0 Å². The molecular formula is C15H28N2O3. The van der Waals surface area contributed by atoms with Gasteiger partial charge in [-0.2, -0.15) is 0 Å². The number of carboxylic acids is 1. The molecule has 20 heavy (non-hydrogen) atoms. The van der Waals surface area contributed by atoms with E-state index in [4.69, 9.17) is 5.11 Å². The number of carbonyl (C=O) groups excluding carboxylic acids is 1. The summed E-state index contributed by atoms with van der Waals surface area (Å²) in [7, 11) is 0. The Labute approximate surface area is 121 Å². The Morgan fingerprint density at radius 3 is 2.55 bits per heavy atom. The van der Waals surface area contributed by atoms with Crippen LogP contribution in [0.15, 0.2) is 0 Å². The van der Waals surface area contributed by atoms with Gasteiger partial charge >= 0.3 is 12.0 Å². The number of carbonyl (C=O) groups is 2. The van der Waals surface area contributed by atoms with Gasteiger partial charge in [0.25, 0.3) is 0 Å². The van der Waals surface area contributed by atoms with Crippen LogP contribution in [0.1, 0.15) is 58.8 Å². The van der Waals surface area contributed by atoms with Crippen LogP contribution in [-0.2, 0) is 4.79 Å². The highest BCUT2D eigenvalue weighted by Crippen LogP contribution is 2.29. The van der Waals surface area contributed by atoms with E-state index in [9.17, 15) is 9.59 Å². The molecule has 1 rings (SSSR count). The van der Waals surface area contributed by atoms with Gasteiger partial charge in [-0.05, 0) is 32.1 Å². The van der Waals surface area contributed by atoms with Crippen molar-refractivity contribution in [2.75, 3.05) is 13.1 Å². The molecule has 1 aliphatic carbocycles. The predicted molar refractivity (Wildman–Crippen MR) is 78.7 cm³/mol. The fourth-order valence-corrected chi connectivity index (χ4v) is 2.25. The molecular weight excluding hydrogens is 256 g/mol. The van der Waals surface area contributed by atoms with Gasteiger partial charge < -0.3 is 15.3 Å². The molecule has 0 heterocycles. The first-order valence-electron chi connectivity index (χ1n) is 7.80. The standard InChI is InChI=1S/C15H28N2O3/c1-3-4-5-6-7-12(2)16-15(20)17(11-14(18)19)10-13-8-9-13/h12-13H,3-11H2,1-2H3,(H,16,20)(H,18,19). The van der Waals surface area contributed by atoms with E-state index in [1.807, 2.05) is 6.92 Å². The van der Waals surface area contributed by atoms with E-state index in [-0.39, 0.29) is 18.6 Å². The number of amides is 2. The second kappa shape index (κ2) is 8.82. The summed E-state index contributed by atoms with van der Waals surface area (Å²) in [6, 6.07) is -0.128. The lowest BCUT2D eigenvalue weighted by atomic mass is 10.1. The number of carboxylic acid groups (broad SMARTS) is 1. The molecule has 1 aliphatic rings. The molecule has 2 N–H and O–H groups in total. The smallest absolute Gasteiger partial charge is 0.323 e. The van der Waals surface area contributed by atoms with Crippen molar-refractivity contribution in [3.8, 4) is 0 Å². The second-order valence-corrected chi connectivity index (χ2v) is 5.92. The minimum Gasteiger partial charge on any atom is -0.480 e. The maximum absolute atomic E-state index is 12.1. The highest BCUT2D eigenvalue weighted by atomic mass is 16.4. The number of rotatable bonds is 10. The largest absolute Gasteiger partial charge is 0.480 e. The van der Waals surface area contributed by atoms with E-state index in [1.54, 1.807) is 0 Å². The second-order valence-electron chi connectivity index (χ2n) is 5.92. The number of urea groups is 1. The zero-order chi connectivity index (χ0) is 15.0. The minimum atomic E-state index is -0.948. The first-order chi connectivity index (χ1) is 9.52. The first-order valence-corrected chi connectivity index (χ1v) is 7.80. The van der Waals surface area contributed by atoms with Gasteiger partial charge in [0.1, 0.15) is 6.54 Å². The summed E-state index contributed by atoms with van der Waals surface area (Å²) < 4.78 is 0. The van der Waals surface area contributed by atoms with E-state index < -0.39 is 5.97 Å². The van der Waals surface area contributed by atoms with Crippen molar-refractivity contribution in [1.82, 2.24) is 10.2 Å². The molecule has 116 valence electrons. The van der Waals surface area contributed by atoms with Crippen LogP contribution in [0.3, 0.4) is 0 Å². The summed E-state index contributed by atoms with van der Waals surface area (Å²) in [5, 5.41) is 11.8. The van der Waals surface area contributed by atoms with Crippen LogP contribution in [0.2, 0.25) is 0 Å². The molecule has 0 aliphatic heterocycles. The van der Waals surface area contributed by atoms with Crippen LogP contribution in [0.25, 0.3) is 0 Å². The molecule has 2 amide bonds. The average Bonchev–Trinajstić information content (AvgIpc) is 3.17. The predicted octanol–water partition coefficient (Wildman–Crippen LogP) is 2.85. The summed E-state index contributed by atoms with van der Waals surface area (Å²) >= 11 is 0. The van der Waals surface area contributed by atoms with E-state index in [2.05, 4.69) is 12.2 Å². The molecule has 0 aromatic rings. The quantitative estimate of drug-likeness (QED) is 0.606. The average molecular weight is 284 g/mol. The maximum atomic E-state index is 12.1. The lowest BCUT2D eigenvalue weighted by Crippen LogP contribution is -2.46. The van der Waals surface area contributed by atoms with Crippen molar-refractivity contribution >= 4 is 12.0 Å². The topological polar surface area (TPSA) is 69.6 Å². The third-order valence-electron chi connectivity index (χ3n) is 3.65. The van der Waals surface area contributed by atoms with Crippen LogP contribution in [0.5, 0.6) is 0 Å². The molecule has 0 bridgehead atoms. The molecule has 0 radical (unpaired) electrons. The highest BCUT2D eigenvalue weighted by Gasteiger charge is 2.28. The van der Waals surface area contributed by atoms with E-state index in [0.29, 0.717) is 12.5 Å². The summed E-state index contributed by atoms with van der Waals surface area (Å²) in [6.07, 6.45) is 7.90. The molecule has 1 saturated carbocycles. The van der Waals surface area contributed by atoms with Gasteiger partial charge in [0.15, 0.2) is 0 Å². The summed E-state index contributed by atoms with van der Waals surface area (Å²) in [6.45, 7) is 4.53. The number of unbranched alkanes of at least 4 members (excludes halogenated alkanes) is 3. The third-order valence-corrected chi connectivity index (χ3v) is 3.65.